The van der Waals surface area contributed by atoms with Crippen molar-refractivity contribution >= 4 is 22.8 Å². The zero-order chi connectivity index (χ0) is 21.4. The highest BCUT2D eigenvalue weighted by Crippen LogP contribution is 2.17. The summed E-state index contributed by atoms with van der Waals surface area (Å²) in [5, 5.41) is 12.7. The van der Waals surface area contributed by atoms with Gasteiger partial charge in [-0.1, -0.05) is 57.9 Å². The summed E-state index contributed by atoms with van der Waals surface area (Å²) in [4.78, 5) is 21.6. The number of aromatic nitrogens is 7. The van der Waals surface area contributed by atoms with Crippen LogP contribution in [-0.2, 0) is 13.1 Å². The molecular weight excluding hydrogens is 418 g/mol. The second-order valence-electron chi connectivity index (χ2n) is 7.11. The van der Waals surface area contributed by atoms with Crippen molar-refractivity contribution in [3.05, 3.63) is 87.3 Å². The van der Waals surface area contributed by atoms with Crippen LogP contribution in [-0.4, -0.2) is 34.7 Å². The molecule has 0 aliphatic heterocycles. The van der Waals surface area contributed by atoms with Gasteiger partial charge in [0.25, 0.3) is 5.56 Å². The molecule has 0 radical (unpaired) electrons. The van der Waals surface area contributed by atoms with Gasteiger partial charge in [-0.3, -0.25) is 9.36 Å². The zero-order valence-corrected chi connectivity index (χ0v) is 17.2. The molecule has 2 aromatic carbocycles. The number of nitrogens with zero attached hydrogens (tertiary/aromatic N) is 7. The minimum atomic E-state index is -0.336. The molecule has 0 aliphatic rings. The number of rotatable bonds is 5. The highest BCUT2D eigenvalue weighted by molar-refractivity contribution is 6.30. The van der Waals surface area contributed by atoms with Crippen LogP contribution in [0.4, 0.5) is 0 Å². The second kappa shape index (κ2) is 7.77. The van der Waals surface area contributed by atoms with Gasteiger partial charge >= 0.3 is 0 Å². The van der Waals surface area contributed by atoms with Gasteiger partial charge < -0.3 is 4.52 Å². The largest absolute Gasteiger partial charge is 0.337 e. The molecule has 5 rings (SSSR count). The van der Waals surface area contributed by atoms with Crippen molar-refractivity contribution < 1.29 is 4.52 Å². The van der Waals surface area contributed by atoms with Crippen LogP contribution in [0.5, 0.6) is 0 Å². The van der Waals surface area contributed by atoms with E-state index in [1.54, 1.807) is 10.7 Å². The maximum atomic E-state index is 12.9. The van der Waals surface area contributed by atoms with E-state index in [0.717, 1.165) is 16.7 Å². The summed E-state index contributed by atoms with van der Waals surface area (Å²) in [6.07, 6.45) is 1.43. The summed E-state index contributed by atoms with van der Waals surface area (Å²) in [6.45, 7) is 2.48. The van der Waals surface area contributed by atoms with Gasteiger partial charge in [-0.25, -0.2) is 9.67 Å². The number of aryl methyl sites for hydroxylation is 1. The van der Waals surface area contributed by atoms with Gasteiger partial charge in [-0.2, -0.15) is 4.98 Å². The van der Waals surface area contributed by atoms with Gasteiger partial charge in [-0.05, 0) is 30.7 Å². The molecule has 3 heterocycles. The van der Waals surface area contributed by atoms with Crippen molar-refractivity contribution in [2.24, 2.45) is 0 Å². The van der Waals surface area contributed by atoms with Gasteiger partial charge in [0, 0.05) is 10.6 Å². The molecule has 154 valence electrons. The molecule has 3 aromatic heterocycles. The smallest absolute Gasteiger partial charge is 0.283 e. The third-order valence-corrected chi connectivity index (χ3v) is 5.00. The molecular formula is C21H16ClN7O2. The molecule has 0 spiro atoms. The molecule has 10 heteroatoms. The third kappa shape index (κ3) is 3.82. The Balaban J connectivity index is 1.42. The predicted molar refractivity (Wildman–Crippen MR) is 114 cm³/mol. The lowest BCUT2D eigenvalue weighted by molar-refractivity contribution is 0.369. The summed E-state index contributed by atoms with van der Waals surface area (Å²) in [7, 11) is 0. The molecule has 0 unspecified atom stereocenters. The molecule has 0 N–H and O–H groups in total. The lowest BCUT2D eigenvalue weighted by atomic mass is 10.1. The van der Waals surface area contributed by atoms with Crippen LogP contribution < -0.4 is 5.56 Å². The summed E-state index contributed by atoms with van der Waals surface area (Å²) in [6, 6.07) is 15.2. The molecule has 0 saturated carbocycles. The van der Waals surface area contributed by atoms with E-state index < -0.39 is 0 Å². The van der Waals surface area contributed by atoms with E-state index in [1.165, 1.54) is 10.9 Å². The summed E-state index contributed by atoms with van der Waals surface area (Å²) < 4.78 is 8.26. The maximum Gasteiger partial charge on any atom is 0.283 e. The first-order valence-electron chi connectivity index (χ1n) is 9.49. The Morgan fingerprint density at radius 1 is 1.10 bits per heavy atom. The Bertz CT molecular complexity index is 1450. The molecule has 0 aliphatic carbocycles. The average molecular weight is 434 g/mol. The molecule has 0 fully saturated rings. The third-order valence-electron chi connectivity index (χ3n) is 4.76. The second-order valence-corrected chi connectivity index (χ2v) is 7.54. The van der Waals surface area contributed by atoms with Gasteiger partial charge in [-0.15, -0.1) is 5.10 Å². The molecule has 0 bridgehead atoms. The van der Waals surface area contributed by atoms with Crippen LogP contribution in [0.3, 0.4) is 0 Å². The van der Waals surface area contributed by atoms with Crippen LogP contribution in [0.15, 0.2) is 64.2 Å². The Morgan fingerprint density at radius 3 is 2.81 bits per heavy atom. The molecule has 9 nitrogen and oxygen atoms in total. The van der Waals surface area contributed by atoms with Gasteiger partial charge in [0.2, 0.25) is 11.7 Å². The van der Waals surface area contributed by atoms with E-state index in [0.29, 0.717) is 28.9 Å². The highest BCUT2D eigenvalue weighted by atomic mass is 35.5. The fourth-order valence-electron chi connectivity index (χ4n) is 3.28. The minimum absolute atomic E-state index is 0.0851. The molecule has 5 aromatic rings. The minimum Gasteiger partial charge on any atom is -0.337 e. The highest BCUT2D eigenvalue weighted by Gasteiger charge is 2.15. The number of hydrogen-bond donors (Lipinski definition) is 0. The summed E-state index contributed by atoms with van der Waals surface area (Å²) >= 11 is 6.04. The number of benzene rings is 2. The van der Waals surface area contributed by atoms with Gasteiger partial charge in [0.1, 0.15) is 12.9 Å². The number of halogens is 1. The lowest BCUT2D eigenvalue weighted by Gasteiger charge is -2.04. The Labute approximate surface area is 180 Å². The van der Waals surface area contributed by atoms with Crippen LogP contribution in [0.25, 0.3) is 22.6 Å². The predicted octanol–water partition coefficient (Wildman–Crippen LogP) is 3.10. The van der Waals surface area contributed by atoms with Gasteiger partial charge in [0.05, 0.1) is 6.54 Å². The van der Waals surface area contributed by atoms with E-state index >= 15 is 0 Å². The van der Waals surface area contributed by atoms with Crippen LogP contribution >= 0.6 is 11.6 Å². The normalized spacial score (nSPS) is 11.3. The van der Waals surface area contributed by atoms with Crippen LogP contribution in [0, 0.1) is 6.92 Å². The van der Waals surface area contributed by atoms with Crippen LogP contribution in [0.2, 0.25) is 5.02 Å². The molecule has 0 saturated heterocycles. The van der Waals surface area contributed by atoms with Crippen LogP contribution in [0.1, 0.15) is 17.0 Å². The average Bonchev–Trinajstić information content (AvgIpc) is 3.38. The Kier molecular flexibility index (Phi) is 4.79. The summed E-state index contributed by atoms with van der Waals surface area (Å²) in [5.74, 6) is 0.763. The quantitative estimate of drug-likeness (QED) is 0.419. The van der Waals surface area contributed by atoms with E-state index in [2.05, 4.69) is 25.4 Å². The topological polar surface area (TPSA) is 105 Å². The summed E-state index contributed by atoms with van der Waals surface area (Å²) in [5.41, 5.74) is 3.10. The monoisotopic (exact) mass is 433 g/mol. The first-order valence-corrected chi connectivity index (χ1v) is 9.87. The maximum absolute atomic E-state index is 12.9. The molecule has 0 atom stereocenters. The SMILES string of the molecule is Cc1cccc(-c2noc(Cn3cnc4c(nnn4Cc4cccc(Cl)c4)c3=O)n2)c1. The van der Waals surface area contributed by atoms with E-state index in [-0.39, 0.29) is 17.6 Å². The van der Waals surface area contributed by atoms with E-state index in [4.69, 9.17) is 16.1 Å². The number of hydrogen-bond acceptors (Lipinski definition) is 7. The van der Waals surface area contributed by atoms with E-state index in [1.807, 2.05) is 49.4 Å². The zero-order valence-electron chi connectivity index (χ0n) is 16.4. The fraction of sp³-hybridized carbons (Fsp3) is 0.143. The van der Waals surface area contributed by atoms with Crippen molar-refractivity contribution in [3.8, 4) is 11.4 Å². The number of fused-ring (bicyclic) bond motifs is 1. The van der Waals surface area contributed by atoms with Gasteiger partial charge in [0.15, 0.2) is 11.2 Å². The Morgan fingerprint density at radius 2 is 1.97 bits per heavy atom. The molecule has 0 amide bonds. The van der Waals surface area contributed by atoms with Crippen molar-refractivity contribution in [2.75, 3.05) is 0 Å². The standard InChI is InChI=1S/C21H16ClN7O2/c1-13-4-2-6-15(8-13)19-24-17(31-26-19)11-28-12-23-20-18(21(28)30)25-27-29(20)10-14-5-3-7-16(22)9-14/h2-9,12H,10-11H2,1H3. The lowest BCUT2D eigenvalue weighted by Crippen LogP contribution is -2.21. The van der Waals surface area contributed by atoms with E-state index in [9.17, 15) is 4.79 Å². The first kappa shape index (κ1) is 19.1. The Hall–Kier alpha value is -3.85. The fourth-order valence-corrected chi connectivity index (χ4v) is 3.49. The first-order chi connectivity index (χ1) is 15.1. The van der Waals surface area contributed by atoms with Crippen molar-refractivity contribution in [1.29, 1.82) is 0 Å². The van der Waals surface area contributed by atoms with Crippen molar-refractivity contribution in [3.63, 3.8) is 0 Å². The van der Waals surface area contributed by atoms with Crippen molar-refractivity contribution in [1.82, 2.24) is 34.7 Å². The molecule has 31 heavy (non-hydrogen) atoms. The van der Waals surface area contributed by atoms with Crippen molar-refractivity contribution in [2.45, 2.75) is 20.0 Å².